The number of nitrogens with zero attached hydrogens (tertiary/aromatic N) is 2. The van der Waals surface area contributed by atoms with E-state index in [0.29, 0.717) is 18.0 Å². The van der Waals surface area contributed by atoms with Crippen molar-refractivity contribution in [2.24, 2.45) is 0 Å². The van der Waals surface area contributed by atoms with Gasteiger partial charge in [0, 0.05) is 12.1 Å². The third-order valence-electron chi connectivity index (χ3n) is 4.98. The van der Waals surface area contributed by atoms with Gasteiger partial charge >= 0.3 is 0 Å². The molecule has 0 aromatic heterocycles. The number of ether oxygens (including phenoxy) is 1. The predicted molar refractivity (Wildman–Crippen MR) is 134 cm³/mol. The highest BCUT2D eigenvalue weighted by Gasteiger charge is 2.31. The maximum Gasteiger partial charge on any atom is 0.244 e. The lowest BCUT2D eigenvalue weighted by Gasteiger charge is -2.33. The van der Waals surface area contributed by atoms with E-state index < -0.39 is 34.1 Å². The van der Waals surface area contributed by atoms with Crippen LogP contribution in [0, 0.1) is 0 Å². The molecule has 2 amide bonds. The number of carbonyl (C=O) groups excluding carboxylic acids is 2. The first-order valence-corrected chi connectivity index (χ1v) is 13.0. The Morgan fingerprint density at radius 2 is 1.62 bits per heavy atom. The highest BCUT2D eigenvalue weighted by molar-refractivity contribution is 7.92. The molecule has 0 saturated carbocycles. The predicted octanol–water partition coefficient (Wildman–Crippen LogP) is 3.18. The maximum atomic E-state index is 13.5. The monoisotopic (exact) mass is 489 g/mol. The van der Waals surface area contributed by atoms with Gasteiger partial charge < -0.3 is 15.0 Å². The molecule has 0 heterocycles. The van der Waals surface area contributed by atoms with Gasteiger partial charge in [0.2, 0.25) is 21.8 Å². The molecule has 2 aromatic carbocycles. The normalized spacial score (nSPS) is 12.5. The van der Waals surface area contributed by atoms with Crippen LogP contribution in [0.2, 0.25) is 0 Å². The minimum Gasteiger partial charge on any atom is -0.494 e. The largest absolute Gasteiger partial charge is 0.494 e. The van der Waals surface area contributed by atoms with Gasteiger partial charge in [-0.25, -0.2) is 8.42 Å². The van der Waals surface area contributed by atoms with E-state index in [9.17, 15) is 18.0 Å². The number of amides is 2. The molecule has 2 aromatic rings. The van der Waals surface area contributed by atoms with Gasteiger partial charge in [-0.15, -0.1) is 0 Å². The molecule has 1 atom stereocenters. The van der Waals surface area contributed by atoms with Crippen LogP contribution in [0.15, 0.2) is 54.6 Å². The molecule has 0 radical (unpaired) electrons. The van der Waals surface area contributed by atoms with Crippen molar-refractivity contribution in [1.82, 2.24) is 10.2 Å². The second-order valence-electron chi connectivity index (χ2n) is 9.12. The fourth-order valence-corrected chi connectivity index (χ4v) is 4.18. The first kappa shape index (κ1) is 27.2. The summed E-state index contributed by atoms with van der Waals surface area (Å²) in [5, 5.41) is 2.89. The second kappa shape index (κ2) is 11.4. The lowest BCUT2D eigenvalue weighted by atomic mass is 10.1. The Labute approximate surface area is 202 Å². The number of carbonyl (C=O) groups is 2. The zero-order valence-electron chi connectivity index (χ0n) is 20.7. The highest BCUT2D eigenvalue weighted by Crippen LogP contribution is 2.22. The molecule has 0 fully saturated rings. The summed E-state index contributed by atoms with van der Waals surface area (Å²) in [6, 6.07) is 15.0. The van der Waals surface area contributed by atoms with E-state index in [4.69, 9.17) is 4.74 Å². The van der Waals surface area contributed by atoms with E-state index in [0.717, 1.165) is 16.1 Å². The van der Waals surface area contributed by atoms with Gasteiger partial charge in [-0.05, 0) is 64.4 Å². The Bertz CT molecular complexity index is 1060. The molecule has 0 bridgehead atoms. The molecule has 1 N–H and O–H groups in total. The number of rotatable bonds is 10. The van der Waals surface area contributed by atoms with Gasteiger partial charge in [0.1, 0.15) is 18.3 Å². The number of hydrogen-bond donors (Lipinski definition) is 1. The molecular weight excluding hydrogens is 454 g/mol. The SMILES string of the molecule is CCOc1ccc(N(CC(=O)N(Cc2ccccc2)[C@H](C)C(=O)NC(C)(C)C)S(C)(=O)=O)cc1. The molecule has 0 saturated heterocycles. The quantitative estimate of drug-likeness (QED) is 0.553. The minimum absolute atomic E-state index is 0.166. The van der Waals surface area contributed by atoms with Crippen molar-refractivity contribution in [1.29, 1.82) is 0 Å². The molecule has 34 heavy (non-hydrogen) atoms. The van der Waals surface area contributed by atoms with E-state index in [1.54, 1.807) is 31.2 Å². The Balaban J connectivity index is 2.35. The fourth-order valence-electron chi connectivity index (χ4n) is 3.33. The van der Waals surface area contributed by atoms with Gasteiger partial charge in [-0.3, -0.25) is 13.9 Å². The standard InChI is InChI=1S/C25H35N3O5S/c1-7-33-22-15-13-21(14-16-22)28(34(6,31)32)18-23(29)27(17-20-11-9-8-10-12-20)19(2)24(30)26-25(3,4)5/h8-16,19H,7,17-18H2,1-6H3,(H,26,30)/t19-/m1/s1. The molecule has 0 spiro atoms. The summed E-state index contributed by atoms with van der Waals surface area (Å²) in [4.78, 5) is 27.8. The first-order chi connectivity index (χ1) is 15.8. The van der Waals surface area contributed by atoms with Gasteiger partial charge in [0.25, 0.3) is 0 Å². The third-order valence-corrected chi connectivity index (χ3v) is 6.12. The van der Waals surface area contributed by atoms with Crippen molar-refractivity contribution in [2.75, 3.05) is 23.7 Å². The van der Waals surface area contributed by atoms with Crippen LogP contribution in [0.5, 0.6) is 5.75 Å². The smallest absolute Gasteiger partial charge is 0.244 e. The van der Waals surface area contributed by atoms with Crippen molar-refractivity contribution in [3.8, 4) is 5.75 Å². The van der Waals surface area contributed by atoms with Crippen LogP contribution in [0.4, 0.5) is 5.69 Å². The summed E-state index contributed by atoms with van der Waals surface area (Å²) < 4.78 is 31.7. The Kier molecular flexibility index (Phi) is 9.09. The van der Waals surface area contributed by atoms with Crippen molar-refractivity contribution >= 4 is 27.5 Å². The van der Waals surface area contributed by atoms with Gasteiger partial charge in [-0.1, -0.05) is 30.3 Å². The van der Waals surface area contributed by atoms with Crippen LogP contribution in [-0.2, 0) is 26.2 Å². The van der Waals surface area contributed by atoms with E-state index >= 15 is 0 Å². The Hall–Kier alpha value is -3.07. The summed E-state index contributed by atoms with van der Waals surface area (Å²) in [7, 11) is -3.77. The van der Waals surface area contributed by atoms with Crippen LogP contribution < -0.4 is 14.4 Å². The summed E-state index contributed by atoms with van der Waals surface area (Å²) in [6.07, 6.45) is 1.05. The minimum atomic E-state index is -3.77. The molecule has 0 aliphatic heterocycles. The molecule has 186 valence electrons. The summed E-state index contributed by atoms with van der Waals surface area (Å²) >= 11 is 0. The lowest BCUT2D eigenvalue weighted by molar-refractivity contribution is -0.140. The first-order valence-electron chi connectivity index (χ1n) is 11.2. The second-order valence-corrected chi connectivity index (χ2v) is 11.0. The summed E-state index contributed by atoms with van der Waals surface area (Å²) in [5.74, 6) is -0.201. The van der Waals surface area contributed by atoms with Crippen LogP contribution >= 0.6 is 0 Å². The number of sulfonamides is 1. The Morgan fingerprint density at radius 1 is 1.03 bits per heavy atom. The number of anilines is 1. The average molecular weight is 490 g/mol. The molecular formula is C25H35N3O5S. The van der Waals surface area contributed by atoms with E-state index in [1.165, 1.54) is 4.90 Å². The number of benzene rings is 2. The molecule has 8 nitrogen and oxygen atoms in total. The van der Waals surface area contributed by atoms with E-state index in [1.807, 2.05) is 58.0 Å². The fraction of sp³-hybridized carbons (Fsp3) is 0.440. The molecule has 2 rings (SSSR count). The number of hydrogen-bond acceptors (Lipinski definition) is 5. The van der Waals surface area contributed by atoms with Crippen molar-refractivity contribution < 1.29 is 22.7 Å². The number of nitrogens with one attached hydrogen (secondary N) is 1. The average Bonchev–Trinajstić information content (AvgIpc) is 2.75. The van der Waals surface area contributed by atoms with Crippen LogP contribution in [0.25, 0.3) is 0 Å². The summed E-state index contributed by atoms with van der Waals surface area (Å²) in [6.45, 7) is 9.29. The zero-order chi connectivity index (χ0) is 25.5. The van der Waals surface area contributed by atoms with Crippen molar-refractivity contribution in [3.05, 3.63) is 60.2 Å². The van der Waals surface area contributed by atoms with Crippen molar-refractivity contribution in [2.45, 2.75) is 52.7 Å². The molecule has 0 aliphatic carbocycles. The molecule has 0 aliphatic rings. The van der Waals surface area contributed by atoms with Crippen molar-refractivity contribution in [3.63, 3.8) is 0 Å². The van der Waals surface area contributed by atoms with Gasteiger partial charge in [0.05, 0.1) is 18.6 Å². The van der Waals surface area contributed by atoms with Crippen LogP contribution in [0.1, 0.15) is 40.2 Å². The topological polar surface area (TPSA) is 96.0 Å². The summed E-state index contributed by atoms with van der Waals surface area (Å²) in [5.41, 5.74) is 0.692. The van der Waals surface area contributed by atoms with Crippen LogP contribution in [-0.4, -0.2) is 56.1 Å². The highest BCUT2D eigenvalue weighted by atomic mass is 32.2. The molecule has 9 heteroatoms. The van der Waals surface area contributed by atoms with Gasteiger partial charge in [-0.2, -0.15) is 0 Å². The van der Waals surface area contributed by atoms with Gasteiger partial charge in [0.15, 0.2) is 0 Å². The molecule has 0 unspecified atom stereocenters. The zero-order valence-corrected chi connectivity index (χ0v) is 21.6. The van der Waals surface area contributed by atoms with E-state index in [-0.39, 0.29) is 12.5 Å². The third kappa shape index (κ3) is 8.06. The lowest BCUT2D eigenvalue weighted by Crippen LogP contribution is -2.54. The maximum absolute atomic E-state index is 13.5. The van der Waals surface area contributed by atoms with Crippen LogP contribution in [0.3, 0.4) is 0 Å². The van der Waals surface area contributed by atoms with E-state index in [2.05, 4.69) is 5.32 Å². The Morgan fingerprint density at radius 3 is 2.12 bits per heavy atom.